The number of aryl methyl sites for hydroxylation is 1. The zero-order valence-corrected chi connectivity index (χ0v) is 18.3. The van der Waals surface area contributed by atoms with Crippen molar-refractivity contribution in [3.05, 3.63) is 65.7 Å². The Morgan fingerprint density at radius 3 is 2.23 bits per heavy atom. The van der Waals surface area contributed by atoms with Gasteiger partial charge in [-0.3, -0.25) is 14.4 Å². The Morgan fingerprint density at radius 1 is 0.968 bits per heavy atom. The average Bonchev–Trinajstić information content (AvgIpc) is 2.78. The SMILES string of the molecule is CC(=O)NC(CC(=O)N(CC(=O)N1CCCCC1)c1ccc(C)cc1)c1ccccc1. The topological polar surface area (TPSA) is 69.7 Å². The summed E-state index contributed by atoms with van der Waals surface area (Å²) in [6.45, 7) is 4.92. The molecule has 6 nitrogen and oxygen atoms in total. The minimum absolute atomic E-state index is 0.00345. The number of carbonyl (C=O) groups is 3. The van der Waals surface area contributed by atoms with Gasteiger partial charge in [-0.05, 0) is 43.9 Å². The van der Waals surface area contributed by atoms with Crippen molar-refractivity contribution in [1.82, 2.24) is 10.2 Å². The number of anilines is 1. The normalized spacial score (nSPS) is 14.6. The van der Waals surface area contributed by atoms with Gasteiger partial charge in [-0.15, -0.1) is 0 Å². The molecule has 1 saturated heterocycles. The molecule has 0 spiro atoms. The van der Waals surface area contributed by atoms with Crippen molar-refractivity contribution < 1.29 is 14.4 Å². The highest BCUT2D eigenvalue weighted by molar-refractivity contribution is 5.99. The monoisotopic (exact) mass is 421 g/mol. The number of carbonyl (C=O) groups excluding carboxylic acids is 3. The molecule has 3 amide bonds. The maximum Gasteiger partial charge on any atom is 0.242 e. The molecule has 3 rings (SSSR count). The lowest BCUT2D eigenvalue weighted by Gasteiger charge is -2.31. The maximum absolute atomic E-state index is 13.4. The Hall–Kier alpha value is -3.15. The molecule has 6 heteroatoms. The smallest absolute Gasteiger partial charge is 0.242 e. The Morgan fingerprint density at radius 2 is 1.61 bits per heavy atom. The highest BCUT2D eigenvalue weighted by Crippen LogP contribution is 2.22. The van der Waals surface area contributed by atoms with Crippen LogP contribution in [0.15, 0.2) is 54.6 Å². The average molecular weight is 422 g/mol. The second kappa shape index (κ2) is 10.8. The van der Waals surface area contributed by atoms with Crippen LogP contribution in [0.5, 0.6) is 0 Å². The molecule has 0 radical (unpaired) electrons. The molecular formula is C25H31N3O3. The molecule has 1 N–H and O–H groups in total. The molecular weight excluding hydrogens is 390 g/mol. The maximum atomic E-state index is 13.4. The Kier molecular flexibility index (Phi) is 7.82. The number of piperidine rings is 1. The number of hydrogen-bond donors (Lipinski definition) is 1. The summed E-state index contributed by atoms with van der Waals surface area (Å²) in [6, 6.07) is 16.6. The van der Waals surface area contributed by atoms with E-state index in [4.69, 9.17) is 0 Å². The number of nitrogens with zero attached hydrogens (tertiary/aromatic N) is 2. The van der Waals surface area contributed by atoms with E-state index in [1.54, 1.807) is 4.90 Å². The second-order valence-electron chi connectivity index (χ2n) is 8.12. The second-order valence-corrected chi connectivity index (χ2v) is 8.12. The lowest BCUT2D eigenvalue weighted by molar-refractivity contribution is -0.132. The third-order valence-electron chi connectivity index (χ3n) is 5.61. The predicted octanol–water partition coefficient (Wildman–Crippen LogP) is 3.61. The summed E-state index contributed by atoms with van der Waals surface area (Å²) in [4.78, 5) is 41.5. The molecule has 0 aliphatic carbocycles. The summed E-state index contributed by atoms with van der Waals surface area (Å²) >= 11 is 0. The first-order chi connectivity index (χ1) is 14.9. The van der Waals surface area contributed by atoms with Crippen molar-refractivity contribution in [2.45, 2.75) is 45.6 Å². The molecule has 2 aromatic carbocycles. The first kappa shape index (κ1) is 22.5. The fraction of sp³-hybridized carbons (Fsp3) is 0.400. The van der Waals surface area contributed by atoms with Gasteiger partial charge in [-0.25, -0.2) is 0 Å². The molecule has 0 bridgehead atoms. The van der Waals surface area contributed by atoms with Crippen LogP contribution in [-0.4, -0.2) is 42.3 Å². The number of nitrogens with one attached hydrogen (secondary N) is 1. The van der Waals surface area contributed by atoms with Crippen molar-refractivity contribution >= 4 is 23.4 Å². The lowest BCUT2D eigenvalue weighted by atomic mass is 10.0. The Balaban J connectivity index is 1.82. The summed E-state index contributed by atoms with van der Waals surface area (Å²) in [5.74, 6) is -0.436. The standard InChI is InChI=1S/C25H31N3O3/c1-19-11-13-22(14-12-19)28(18-25(31)27-15-7-4-8-16-27)24(30)17-23(26-20(2)29)21-9-5-3-6-10-21/h3,5-6,9-14,23H,4,7-8,15-18H2,1-2H3,(H,26,29). The van der Waals surface area contributed by atoms with E-state index < -0.39 is 6.04 Å². The summed E-state index contributed by atoms with van der Waals surface area (Å²) in [5.41, 5.74) is 2.63. The zero-order valence-electron chi connectivity index (χ0n) is 18.3. The number of rotatable bonds is 7. The highest BCUT2D eigenvalue weighted by Gasteiger charge is 2.26. The minimum atomic E-state index is -0.454. The summed E-state index contributed by atoms with van der Waals surface area (Å²) in [7, 11) is 0. The Labute approximate surface area is 184 Å². The first-order valence-corrected chi connectivity index (χ1v) is 10.9. The molecule has 0 saturated carbocycles. The fourth-order valence-corrected chi connectivity index (χ4v) is 3.89. The minimum Gasteiger partial charge on any atom is -0.349 e. The van der Waals surface area contributed by atoms with Crippen LogP contribution < -0.4 is 10.2 Å². The number of benzene rings is 2. The molecule has 1 unspecified atom stereocenters. The van der Waals surface area contributed by atoms with Crippen molar-refractivity contribution in [2.24, 2.45) is 0 Å². The number of hydrogen-bond acceptors (Lipinski definition) is 3. The zero-order chi connectivity index (χ0) is 22.2. The van der Waals surface area contributed by atoms with Gasteiger partial charge in [0.25, 0.3) is 0 Å². The van der Waals surface area contributed by atoms with Gasteiger partial charge in [-0.1, -0.05) is 48.0 Å². The largest absolute Gasteiger partial charge is 0.349 e. The van der Waals surface area contributed by atoms with Crippen LogP contribution in [0.2, 0.25) is 0 Å². The van der Waals surface area contributed by atoms with Gasteiger partial charge >= 0.3 is 0 Å². The molecule has 31 heavy (non-hydrogen) atoms. The van der Waals surface area contributed by atoms with Gasteiger partial charge in [0, 0.05) is 25.7 Å². The Bertz CT molecular complexity index is 890. The van der Waals surface area contributed by atoms with E-state index in [1.807, 2.05) is 66.4 Å². The molecule has 0 aromatic heterocycles. The van der Waals surface area contributed by atoms with Gasteiger partial charge in [0.15, 0.2) is 0 Å². The van der Waals surface area contributed by atoms with Crippen molar-refractivity contribution in [3.63, 3.8) is 0 Å². The van der Waals surface area contributed by atoms with Crippen LogP contribution in [-0.2, 0) is 14.4 Å². The van der Waals surface area contributed by atoms with Crippen LogP contribution in [0.3, 0.4) is 0 Å². The molecule has 1 aliphatic rings. The first-order valence-electron chi connectivity index (χ1n) is 10.9. The molecule has 164 valence electrons. The van der Waals surface area contributed by atoms with Crippen LogP contribution >= 0.6 is 0 Å². The van der Waals surface area contributed by atoms with E-state index in [0.29, 0.717) is 5.69 Å². The van der Waals surface area contributed by atoms with Gasteiger partial charge in [0.05, 0.1) is 12.5 Å². The molecule has 2 aromatic rings. The number of likely N-dealkylation sites (tertiary alicyclic amines) is 1. The van der Waals surface area contributed by atoms with E-state index in [2.05, 4.69) is 5.32 Å². The van der Waals surface area contributed by atoms with Gasteiger partial charge < -0.3 is 15.1 Å². The molecule has 1 aliphatic heterocycles. The van der Waals surface area contributed by atoms with Gasteiger partial charge in [0.1, 0.15) is 6.54 Å². The summed E-state index contributed by atoms with van der Waals surface area (Å²) in [5, 5.41) is 2.88. The summed E-state index contributed by atoms with van der Waals surface area (Å²) in [6.07, 6.45) is 3.22. The molecule has 1 heterocycles. The van der Waals surface area contributed by atoms with Crippen LogP contribution in [0.1, 0.15) is 49.8 Å². The van der Waals surface area contributed by atoms with E-state index in [-0.39, 0.29) is 30.7 Å². The summed E-state index contributed by atoms with van der Waals surface area (Å²) < 4.78 is 0. The van der Waals surface area contributed by atoms with Crippen LogP contribution in [0, 0.1) is 6.92 Å². The third kappa shape index (κ3) is 6.41. The fourth-order valence-electron chi connectivity index (χ4n) is 3.89. The van der Waals surface area contributed by atoms with Crippen LogP contribution in [0.25, 0.3) is 0 Å². The van der Waals surface area contributed by atoms with Crippen molar-refractivity contribution in [1.29, 1.82) is 0 Å². The molecule has 1 fully saturated rings. The van der Waals surface area contributed by atoms with Gasteiger partial charge in [0.2, 0.25) is 17.7 Å². The number of amides is 3. The lowest BCUT2D eigenvalue weighted by Crippen LogP contribution is -2.45. The predicted molar refractivity (Wildman–Crippen MR) is 122 cm³/mol. The van der Waals surface area contributed by atoms with E-state index in [1.165, 1.54) is 6.92 Å². The quantitative estimate of drug-likeness (QED) is 0.743. The van der Waals surface area contributed by atoms with E-state index in [9.17, 15) is 14.4 Å². The highest BCUT2D eigenvalue weighted by atomic mass is 16.2. The van der Waals surface area contributed by atoms with E-state index >= 15 is 0 Å². The third-order valence-corrected chi connectivity index (χ3v) is 5.61. The van der Waals surface area contributed by atoms with Gasteiger partial charge in [-0.2, -0.15) is 0 Å². The van der Waals surface area contributed by atoms with Crippen molar-refractivity contribution in [2.75, 3.05) is 24.5 Å². The van der Waals surface area contributed by atoms with Crippen molar-refractivity contribution in [3.8, 4) is 0 Å². The van der Waals surface area contributed by atoms with E-state index in [0.717, 1.165) is 43.5 Å². The molecule has 1 atom stereocenters. The van der Waals surface area contributed by atoms with Crippen LogP contribution in [0.4, 0.5) is 5.69 Å².